The molecule has 2 aromatic heterocycles. The number of hydrogen-bond acceptors (Lipinski definition) is 4. The highest BCUT2D eigenvalue weighted by atomic mass is 35.5. The molecule has 0 spiro atoms. The highest BCUT2D eigenvalue weighted by Gasteiger charge is 2.34. The summed E-state index contributed by atoms with van der Waals surface area (Å²) in [6.07, 6.45) is 0. The molecule has 47 heavy (non-hydrogen) atoms. The molecule has 1 unspecified atom stereocenters. The molecule has 0 saturated carbocycles. The first-order chi connectivity index (χ1) is 21.9. The van der Waals surface area contributed by atoms with Gasteiger partial charge in [-0.05, 0) is 63.1 Å². The number of nitrogens with zero attached hydrogens (tertiary/aromatic N) is 2. The Bertz CT molecular complexity index is 1890. The second-order valence-electron chi connectivity index (χ2n) is 11.6. The molecule has 1 N–H and O–H groups in total. The number of benzene rings is 2. The summed E-state index contributed by atoms with van der Waals surface area (Å²) in [5.41, 5.74) is -3.12. The lowest BCUT2D eigenvalue weighted by Gasteiger charge is -2.32. The molecule has 0 fully saturated rings. The van der Waals surface area contributed by atoms with E-state index in [1.54, 1.807) is 41.5 Å². The van der Waals surface area contributed by atoms with Crippen LogP contribution in [0.3, 0.4) is 0 Å². The fourth-order valence-electron chi connectivity index (χ4n) is 5.05. The van der Waals surface area contributed by atoms with Gasteiger partial charge in [0.15, 0.2) is 5.78 Å². The van der Waals surface area contributed by atoms with Crippen LogP contribution in [0.5, 0.6) is 0 Å². The smallest absolute Gasteiger partial charge is 0.269 e. The average Bonchev–Trinajstić information content (AvgIpc) is 3.00. The van der Waals surface area contributed by atoms with Crippen molar-refractivity contribution >= 4 is 29.0 Å². The van der Waals surface area contributed by atoms with Crippen LogP contribution in [0.25, 0.3) is 22.5 Å². The van der Waals surface area contributed by atoms with Crippen molar-refractivity contribution in [2.45, 2.75) is 67.2 Å². The molecule has 0 aliphatic carbocycles. The zero-order valence-corrected chi connectivity index (χ0v) is 28.5. The van der Waals surface area contributed by atoms with Gasteiger partial charge in [-0.3, -0.25) is 14.4 Å². The number of rotatable bonds is 8. The fourth-order valence-corrected chi connectivity index (χ4v) is 5.47. The van der Waals surface area contributed by atoms with Gasteiger partial charge in [-0.1, -0.05) is 63.0 Å². The van der Waals surface area contributed by atoms with Gasteiger partial charge >= 0.3 is 0 Å². The number of pyridine rings is 2. The largest absolute Gasteiger partial charge is 0.385 e. The minimum Gasteiger partial charge on any atom is -0.385 e. The number of Topliss-reactive ketones (excluding diaryl/α,β-unsaturated/α-hetero) is 1. The molecule has 2 heterocycles. The number of halogens is 6. The summed E-state index contributed by atoms with van der Waals surface area (Å²) in [4.78, 5) is 37.1. The lowest BCUT2D eigenvalue weighted by molar-refractivity contribution is 0.00900. The predicted octanol–water partition coefficient (Wildman–Crippen LogP) is 8.64. The van der Waals surface area contributed by atoms with Gasteiger partial charge in [0, 0.05) is 30.1 Å². The summed E-state index contributed by atoms with van der Waals surface area (Å²) >= 11 is 11.9. The number of aromatic nitrogens is 2. The third-order valence-electron chi connectivity index (χ3n) is 7.98. The highest BCUT2D eigenvalue weighted by molar-refractivity contribution is 6.31. The summed E-state index contributed by atoms with van der Waals surface area (Å²) in [6.45, 7) is 12.0. The third kappa shape index (κ3) is 7.40. The topological polar surface area (TPSA) is 81.3 Å². The lowest BCUT2D eigenvalue weighted by atomic mass is 9.82. The number of aliphatic hydroxyl groups is 1. The van der Waals surface area contributed by atoms with Gasteiger partial charge in [0.25, 0.3) is 11.1 Å². The van der Waals surface area contributed by atoms with Gasteiger partial charge in [0.2, 0.25) is 0 Å². The third-order valence-corrected chi connectivity index (χ3v) is 8.52. The van der Waals surface area contributed by atoms with Crippen molar-refractivity contribution in [3.8, 4) is 22.5 Å². The van der Waals surface area contributed by atoms with Gasteiger partial charge in [0.1, 0.15) is 33.3 Å². The van der Waals surface area contributed by atoms with Crippen LogP contribution in [0, 0.1) is 35.1 Å². The Morgan fingerprint density at radius 3 is 1.53 bits per heavy atom. The van der Waals surface area contributed by atoms with Crippen LogP contribution in [0.15, 0.2) is 58.1 Å². The monoisotopic (exact) mass is 694 g/mol. The summed E-state index contributed by atoms with van der Waals surface area (Å²) in [7, 11) is 0. The average molecular weight is 696 g/mol. The predicted molar refractivity (Wildman–Crippen MR) is 177 cm³/mol. The van der Waals surface area contributed by atoms with Crippen molar-refractivity contribution in [2.75, 3.05) is 0 Å². The van der Waals surface area contributed by atoms with Crippen LogP contribution in [-0.2, 0) is 18.7 Å². The molecule has 0 aliphatic heterocycles. The Labute approximate surface area is 280 Å². The summed E-state index contributed by atoms with van der Waals surface area (Å²) in [5.74, 6) is -4.32. The number of carbonyl (C=O) groups is 1. The van der Waals surface area contributed by atoms with Crippen molar-refractivity contribution in [2.24, 2.45) is 11.8 Å². The Kier molecular flexibility index (Phi) is 12.0. The summed E-state index contributed by atoms with van der Waals surface area (Å²) in [5, 5.41) is 10.6. The molecular formula is C35H36Cl2F4N2O4. The molecule has 0 saturated heterocycles. The first kappa shape index (κ1) is 37.7. The van der Waals surface area contributed by atoms with Gasteiger partial charge in [-0.2, -0.15) is 0 Å². The molecule has 0 aliphatic rings. The van der Waals surface area contributed by atoms with Crippen molar-refractivity contribution in [3.63, 3.8) is 0 Å². The van der Waals surface area contributed by atoms with E-state index in [1.807, 2.05) is 0 Å². The zero-order chi connectivity index (χ0) is 35.5. The van der Waals surface area contributed by atoms with E-state index in [-0.39, 0.29) is 62.9 Å². The SMILES string of the molecule is CCn1c(-c2c(F)cccc2F)c(C(=O)C(C)C)cc(Cl)c1=O.CCn1c(-c2c(F)cccc2F)c(C(C)(O)C(C)C)cc(Cl)c1=O. The summed E-state index contributed by atoms with van der Waals surface area (Å²) in [6, 6.07) is 9.37. The number of ketones is 1. The first-order valence-corrected chi connectivity index (χ1v) is 15.7. The fraction of sp³-hybridized carbons (Fsp3) is 0.343. The zero-order valence-electron chi connectivity index (χ0n) is 27.0. The quantitative estimate of drug-likeness (QED) is 0.148. The van der Waals surface area contributed by atoms with Crippen LogP contribution in [0.1, 0.15) is 64.4 Å². The summed E-state index contributed by atoms with van der Waals surface area (Å²) < 4.78 is 59.5. The molecule has 1 atom stereocenters. The molecule has 252 valence electrons. The van der Waals surface area contributed by atoms with E-state index in [1.165, 1.54) is 35.8 Å². The Morgan fingerprint density at radius 1 is 0.766 bits per heavy atom. The van der Waals surface area contributed by atoms with Crippen molar-refractivity contribution in [1.82, 2.24) is 9.13 Å². The van der Waals surface area contributed by atoms with Crippen LogP contribution in [0.2, 0.25) is 10.0 Å². The maximum atomic E-state index is 14.4. The van der Waals surface area contributed by atoms with Crippen LogP contribution in [-0.4, -0.2) is 20.0 Å². The molecule has 4 aromatic rings. The van der Waals surface area contributed by atoms with Crippen molar-refractivity contribution in [3.05, 3.63) is 114 Å². The Hall–Kier alpha value is -3.73. The molecule has 0 bridgehead atoms. The molecule has 0 amide bonds. The van der Waals surface area contributed by atoms with Crippen molar-refractivity contribution < 1.29 is 27.5 Å². The van der Waals surface area contributed by atoms with E-state index in [0.29, 0.717) is 0 Å². The Balaban J connectivity index is 0.000000256. The van der Waals surface area contributed by atoms with E-state index < -0.39 is 51.5 Å². The van der Waals surface area contributed by atoms with E-state index >= 15 is 0 Å². The minimum absolute atomic E-state index is 0.0150. The lowest BCUT2D eigenvalue weighted by Crippen LogP contribution is -2.33. The first-order valence-electron chi connectivity index (χ1n) is 14.9. The van der Waals surface area contributed by atoms with E-state index in [9.17, 15) is 37.1 Å². The molecule has 6 nitrogen and oxygen atoms in total. The molecule has 12 heteroatoms. The second-order valence-corrected chi connectivity index (χ2v) is 12.4. The molecule has 2 aromatic carbocycles. The van der Waals surface area contributed by atoms with E-state index in [4.69, 9.17) is 23.2 Å². The second kappa shape index (κ2) is 15.0. The maximum Gasteiger partial charge on any atom is 0.269 e. The standard InChI is InChI=1S/C18H20ClF2NO2.C17H16ClF2NO2/c1-5-22-16(15-13(20)7-6-8-14(15)21)11(9-12(19)17(22)23)18(4,24)10(2)3;1-4-21-15(14-12(19)6-5-7-13(14)20)10(16(22)9(2)3)8-11(18)17(21)23/h6-10,24H,5H2,1-4H3;5-9H,4H2,1-3H3. The van der Waals surface area contributed by atoms with Gasteiger partial charge in [-0.15, -0.1) is 0 Å². The molecule has 0 radical (unpaired) electrons. The van der Waals surface area contributed by atoms with Crippen molar-refractivity contribution in [1.29, 1.82) is 0 Å². The Morgan fingerprint density at radius 2 is 1.15 bits per heavy atom. The van der Waals surface area contributed by atoms with Crippen LogP contribution < -0.4 is 11.1 Å². The van der Waals surface area contributed by atoms with Crippen LogP contribution >= 0.6 is 23.2 Å². The van der Waals surface area contributed by atoms with Crippen LogP contribution in [0.4, 0.5) is 17.6 Å². The number of hydrogen-bond donors (Lipinski definition) is 1. The molecular weight excluding hydrogens is 659 g/mol. The van der Waals surface area contributed by atoms with Gasteiger partial charge in [-0.25, -0.2) is 17.6 Å². The van der Waals surface area contributed by atoms with E-state index in [0.717, 1.165) is 28.8 Å². The number of carbonyl (C=O) groups excluding carboxylic acids is 1. The van der Waals surface area contributed by atoms with Gasteiger partial charge < -0.3 is 14.2 Å². The van der Waals surface area contributed by atoms with E-state index in [2.05, 4.69) is 0 Å². The van der Waals surface area contributed by atoms with Gasteiger partial charge in [0.05, 0.1) is 28.1 Å². The minimum atomic E-state index is -1.43. The maximum absolute atomic E-state index is 14.4. The highest BCUT2D eigenvalue weighted by Crippen LogP contribution is 2.39. The normalized spacial score (nSPS) is 12.6. The molecule has 4 rings (SSSR count).